The third-order valence-corrected chi connectivity index (χ3v) is 7.48. The van der Waals surface area contributed by atoms with Gasteiger partial charge in [0, 0.05) is 16.1 Å². The minimum atomic E-state index is -3.82. The minimum absolute atomic E-state index is 0.160. The Bertz CT molecular complexity index is 842. The molecule has 0 unspecified atom stereocenters. The van der Waals surface area contributed by atoms with Gasteiger partial charge in [0.25, 0.3) is 10.0 Å². The molecule has 0 radical (unpaired) electrons. The lowest BCUT2D eigenvalue weighted by molar-refractivity contribution is 0.577. The van der Waals surface area contributed by atoms with Gasteiger partial charge < -0.3 is 0 Å². The van der Waals surface area contributed by atoms with E-state index in [1.807, 2.05) is 6.92 Å². The van der Waals surface area contributed by atoms with E-state index < -0.39 is 10.0 Å². The zero-order chi connectivity index (χ0) is 19.3. The van der Waals surface area contributed by atoms with Crippen molar-refractivity contribution in [1.82, 2.24) is 0 Å². The topological polar surface area (TPSA) is 37.4 Å². The second kappa shape index (κ2) is 9.56. The van der Waals surface area contributed by atoms with E-state index >= 15 is 0 Å². The van der Waals surface area contributed by atoms with Gasteiger partial charge in [-0.15, -0.1) is 0 Å². The lowest BCUT2D eigenvalue weighted by Crippen LogP contribution is -2.39. The van der Waals surface area contributed by atoms with Crippen LogP contribution in [0.25, 0.3) is 0 Å². The van der Waals surface area contributed by atoms with Gasteiger partial charge in [0.1, 0.15) is 0 Å². The largest absolute Gasteiger partial charge is 0.264 e. The summed E-state index contributed by atoms with van der Waals surface area (Å²) in [5.74, 6) is 1.83. The van der Waals surface area contributed by atoms with Crippen LogP contribution >= 0.6 is 46.6 Å². The summed E-state index contributed by atoms with van der Waals surface area (Å²) in [7, 11) is -3.82. The Morgan fingerprint density at radius 1 is 1.04 bits per heavy atom. The van der Waals surface area contributed by atoms with Crippen molar-refractivity contribution in [2.24, 2.45) is 0 Å². The number of nitrogens with zero attached hydrogens (tertiary/aromatic N) is 1. The minimum Gasteiger partial charge on any atom is -0.262 e. The Balaban J connectivity index is 2.52. The molecule has 0 amide bonds. The normalized spacial score (nSPS) is 12.8. The quantitative estimate of drug-likeness (QED) is 0.436. The molecule has 0 aliphatic rings. The fourth-order valence-corrected chi connectivity index (χ4v) is 5.54. The third-order valence-electron chi connectivity index (χ3n) is 3.80. The molecule has 0 saturated carbocycles. The number of anilines is 1. The molecule has 0 spiro atoms. The predicted octanol–water partition coefficient (Wildman–Crippen LogP) is 6.37. The van der Waals surface area contributed by atoms with Crippen molar-refractivity contribution in [3.63, 3.8) is 0 Å². The number of halogens is 3. The van der Waals surface area contributed by atoms with Crippen LogP contribution in [0.4, 0.5) is 5.69 Å². The van der Waals surface area contributed by atoms with Crippen LogP contribution in [0.1, 0.15) is 20.3 Å². The summed E-state index contributed by atoms with van der Waals surface area (Å²) in [4.78, 5) is 0.160. The first-order valence-electron chi connectivity index (χ1n) is 8.10. The molecule has 0 aromatic heterocycles. The van der Waals surface area contributed by atoms with Crippen LogP contribution in [-0.4, -0.2) is 26.0 Å². The molecule has 0 aliphatic carbocycles. The van der Waals surface area contributed by atoms with Crippen LogP contribution in [0.15, 0.2) is 47.4 Å². The fourth-order valence-electron chi connectivity index (χ4n) is 2.49. The Morgan fingerprint density at radius 2 is 1.65 bits per heavy atom. The van der Waals surface area contributed by atoms with E-state index in [-0.39, 0.29) is 10.9 Å². The van der Waals surface area contributed by atoms with E-state index in [1.165, 1.54) is 16.4 Å². The highest BCUT2D eigenvalue weighted by atomic mass is 35.5. The lowest BCUT2D eigenvalue weighted by Gasteiger charge is -2.31. The molecule has 0 aliphatic heterocycles. The number of sulfonamides is 1. The van der Waals surface area contributed by atoms with Crippen molar-refractivity contribution in [1.29, 1.82) is 0 Å². The fraction of sp³-hybridized carbons (Fsp3) is 0.333. The standard InChI is InChI=1S/C18H20Cl3NO2S2/c1-3-25-11-10-13(2)22(18-12-15(20)6-9-17(18)21)26(23,24)16-7-4-14(19)5-8-16/h4-9,12-13H,3,10-11H2,1-2H3/t13-/m1/s1. The number of rotatable bonds is 8. The number of hydrogen-bond acceptors (Lipinski definition) is 3. The molecule has 26 heavy (non-hydrogen) atoms. The molecule has 0 bridgehead atoms. The van der Waals surface area contributed by atoms with E-state index in [0.717, 1.165) is 11.5 Å². The van der Waals surface area contributed by atoms with Crippen LogP contribution in [0, 0.1) is 0 Å². The summed E-state index contributed by atoms with van der Waals surface area (Å²) < 4.78 is 28.1. The van der Waals surface area contributed by atoms with Gasteiger partial charge in [-0.2, -0.15) is 11.8 Å². The second-order valence-electron chi connectivity index (χ2n) is 5.69. The highest BCUT2D eigenvalue weighted by Gasteiger charge is 2.31. The highest BCUT2D eigenvalue weighted by Crippen LogP contribution is 2.35. The summed E-state index contributed by atoms with van der Waals surface area (Å²) in [6, 6.07) is 10.7. The average Bonchev–Trinajstić information content (AvgIpc) is 2.58. The first-order valence-corrected chi connectivity index (χ1v) is 11.8. The Kier molecular flexibility index (Phi) is 7.98. The van der Waals surface area contributed by atoms with Crippen LogP contribution < -0.4 is 4.31 Å². The zero-order valence-electron chi connectivity index (χ0n) is 14.5. The van der Waals surface area contributed by atoms with Gasteiger partial charge in [0.2, 0.25) is 0 Å². The van der Waals surface area contributed by atoms with Crippen LogP contribution in [0.5, 0.6) is 0 Å². The van der Waals surface area contributed by atoms with Crippen molar-refractivity contribution < 1.29 is 8.42 Å². The molecule has 2 aromatic rings. The maximum Gasteiger partial charge on any atom is 0.264 e. The second-order valence-corrected chi connectivity index (χ2v) is 10.2. The molecule has 0 N–H and O–H groups in total. The first kappa shape index (κ1) is 21.7. The zero-order valence-corrected chi connectivity index (χ0v) is 18.4. The monoisotopic (exact) mass is 451 g/mol. The summed E-state index contributed by atoms with van der Waals surface area (Å²) in [6.45, 7) is 3.95. The third kappa shape index (κ3) is 5.23. The summed E-state index contributed by atoms with van der Waals surface area (Å²) in [5.41, 5.74) is 0.378. The maximum absolute atomic E-state index is 13.4. The van der Waals surface area contributed by atoms with Gasteiger partial charge in [0.15, 0.2) is 0 Å². The Labute approximate surface area is 174 Å². The molecular formula is C18H20Cl3NO2S2. The van der Waals surface area contributed by atoms with Gasteiger partial charge in [0.05, 0.1) is 15.6 Å². The highest BCUT2D eigenvalue weighted by molar-refractivity contribution is 7.99. The molecule has 3 nitrogen and oxygen atoms in total. The van der Waals surface area contributed by atoms with Crippen molar-refractivity contribution in [2.45, 2.75) is 31.2 Å². The molecular weight excluding hydrogens is 433 g/mol. The van der Waals surface area contributed by atoms with Gasteiger partial charge in [-0.3, -0.25) is 4.31 Å². The number of thioether (sulfide) groups is 1. The van der Waals surface area contributed by atoms with Gasteiger partial charge >= 0.3 is 0 Å². The van der Waals surface area contributed by atoms with Crippen molar-refractivity contribution in [3.8, 4) is 0 Å². The molecule has 1 atom stereocenters. The Hall–Kier alpha value is -0.590. The molecule has 0 fully saturated rings. The maximum atomic E-state index is 13.4. The van der Waals surface area contributed by atoms with E-state index in [4.69, 9.17) is 34.8 Å². The summed E-state index contributed by atoms with van der Waals surface area (Å²) >= 11 is 20.1. The Morgan fingerprint density at radius 3 is 2.27 bits per heavy atom. The van der Waals surface area contributed by atoms with E-state index in [9.17, 15) is 8.42 Å². The molecule has 0 saturated heterocycles. The van der Waals surface area contributed by atoms with E-state index in [0.29, 0.717) is 27.2 Å². The van der Waals surface area contributed by atoms with Gasteiger partial charge in [-0.05, 0) is 67.3 Å². The summed E-state index contributed by atoms with van der Waals surface area (Å²) in [5, 5.41) is 1.24. The average molecular weight is 453 g/mol. The SMILES string of the molecule is CCSCC[C@@H](C)N(c1cc(Cl)ccc1Cl)S(=O)(=O)c1ccc(Cl)cc1. The van der Waals surface area contributed by atoms with Crippen LogP contribution in [0.3, 0.4) is 0 Å². The lowest BCUT2D eigenvalue weighted by atomic mass is 10.2. The molecule has 8 heteroatoms. The molecule has 2 rings (SSSR count). The van der Waals surface area contributed by atoms with Crippen molar-refractivity contribution >= 4 is 62.3 Å². The van der Waals surface area contributed by atoms with Crippen molar-refractivity contribution in [2.75, 3.05) is 15.8 Å². The predicted molar refractivity (Wildman–Crippen MR) is 115 cm³/mol. The summed E-state index contributed by atoms with van der Waals surface area (Å²) in [6.07, 6.45) is 0.689. The van der Waals surface area contributed by atoms with Gasteiger partial charge in [-0.1, -0.05) is 41.7 Å². The number of benzene rings is 2. The van der Waals surface area contributed by atoms with Gasteiger partial charge in [-0.25, -0.2) is 8.42 Å². The first-order chi connectivity index (χ1) is 12.3. The van der Waals surface area contributed by atoms with E-state index in [1.54, 1.807) is 42.1 Å². The molecule has 2 aromatic carbocycles. The van der Waals surface area contributed by atoms with Crippen LogP contribution in [-0.2, 0) is 10.0 Å². The number of hydrogen-bond donors (Lipinski definition) is 0. The molecule has 0 heterocycles. The smallest absolute Gasteiger partial charge is 0.262 e. The van der Waals surface area contributed by atoms with Crippen molar-refractivity contribution in [3.05, 3.63) is 57.5 Å². The molecule has 142 valence electrons. The van der Waals surface area contributed by atoms with E-state index in [2.05, 4.69) is 6.92 Å². The van der Waals surface area contributed by atoms with Crippen LogP contribution in [0.2, 0.25) is 15.1 Å².